The van der Waals surface area contributed by atoms with Crippen molar-refractivity contribution < 1.29 is 9.53 Å². The van der Waals surface area contributed by atoms with Crippen LogP contribution in [0, 0.1) is 0 Å². The minimum absolute atomic E-state index is 0.209. The van der Waals surface area contributed by atoms with Gasteiger partial charge in [0.25, 0.3) is 0 Å². The summed E-state index contributed by atoms with van der Waals surface area (Å²) in [5.74, 6) is 0.209. The Labute approximate surface area is 98.1 Å². The van der Waals surface area contributed by atoms with Crippen LogP contribution >= 0.6 is 0 Å². The Kier molecular flexibility index (Phi) is 4.74. The molecule has 2 N–H and O–H groups in total. The number of hydrogen-bond donors (Lipinski definition) is 1. The number of likely N-dealkylation sites (tertiary alicyclic amines) is 1. The lowest BCUT2D eigenvalue weighted by Crippen LogP contribution is -2.43. The lowest BCUT2D eigenvalue weighted by Gasteiger charge is -2.32. The van der Waals surface area contributed by atoms with Crippen LogP contribution in [0.15, 0.2) is 0 Å². The molecule has 1 atom stereocenters. The van der Waals surface area contributed by atoms with E-state index in [0.29, 0.717) is 6.42 Å². The van der Waals surface area contributed by atoms with Crippen molar-refractivity contribution in [3.8, 4) is 0 Å². The van der Waals surface area contributed by atoms with Gasteiger partial charge in [-0.15, -0.1) is 0 Å². The highest BCUT2D eigenvalue weighted by Gasteiger charge is 2.24. The SMILES string of the molecule is COC1CCCN(C(=O)CCC(C)(C)N)C1. The van der Waals surface area contributed by atoms with Gasteiger partial charge in [-0.1, -0.05) is 0 Å². The Balaban J connectivity index is 2.36. The summed E-state index contributed by atoms with van der Waals surface area (Å²) in [5.41, 5.74) is 5.61. The highest BCUT2D eigenvalue weighted by Crippen LogP contribution is 2.15. The molecule has 94 valence electrons. The summed E-state index contributed by atoms with van der Waals surface area (Å²) in [6.07, 6.45) is 3.59. The molecule has 1 aliphatic rings. The van der Waals surface area contributed by atoms with Crippen molar-refractivity contribution in [2.45, 2.75) is 51.2 Å². The Morgan fingerprint density at radius 2 is 2.25 bits per heavy atom. The minimum Gasteiger partial charge on any atom is -0.380 e. The molecule has 1 rings (SSSR count). The molecule has 1 fully saturated rings. The van der Waals surface area contributed by atoms with Crippen LogP contribution in [0.25, 0.3) is 0 Å². The van der Waals surface area contributed by atoms with Crippen molar-refractivity contribution in [1.82, 2.24) is 4.90 Å². The third kappa shape index (κ3) is 4.49. The summed E-state index contributed by atoms with van der Waals surface area (Å²) in [6, 6.07) is 0. The Morgan fingerprint density at radius 3 is 2.81 bits per heavy atom. The number of hydrogen-bond acceptors (Lipinski definition) is 3. The zero-order valence-electron chi connectivity index (χ0n) is 10.7. The normalized spacial score (nSPS) is 22.2. The van der Waals surface area contributed by atoms with Gasteiger partial charge in [0.2, 0.25) is 5.91 Å². The van der Waals surface area contributed by atoms with E-state index in [-0.39, 0.29) is 17.6 Å². The van der Waals surface area contributed by atoms with Crippen molar-refractivity contribution in [3.63, 3.8) is 0 Å². The smallest absolute Gasteiger partial charge is 0.222 e. The van der Waals surface area contributed by atoms with Crippen LogP contribution < -0.4 is 5.73 Å². The van der Waals surface area contributed by atoms with Gasteiger partial charge in [-0.3, -0.25) is 4.79 Å². The van der Waals surface area contributed by atoms with Crippen LogP contribution in [0.3, 0.4) is 0 Å². The topological polar surface area (TPSA) is 55.6 Å². The van der Waals surface area contributed by atoms with Crippen molar-refractivity contribution in [3.05, 3.63) is 0 Å². The zero-order chi connectivity index (χ0) is 12.2. The molecule has 0 saturated carbocycles. The van der Waals surface area contributed by atoms with Crippen molar-refractivity contribution in [1.29, 1.82) is 0 Å². The number of carbonyl (C=O) groups is 1. The number of nitrogens with zero attached hydrogens (tertiary/aromatic N) is 1. The first kappa shape index (κ1) is 13.5. The summed E-state index contributed by atoms with van der Waals surface area (Å²) < 4.78 is 5.30. The monoisotopic (exact) mass is 228 g/mol. The molecular weight excluding hydrogens is 204 g/mol. The molecule has 0 aliphatic carbocycles. The number of methoxy groups -OCH3 is 1. The molecular formula is C12H24N2O2. The third-order valence-corrected chi connectivity index (χ3v) is 3.05. The maximum absolute atomic E-state index is 11.9. The first-order chi connectivity index (χ1) is 7.42. The fraction of sp³-hybridized carbons (Fsp3) is 0.917. The van der Waals surface area contributed by atoms with Gasteiger partial charge < -0.3 is 15.4 Å². The van der Waals surface area contributed by atoms with E-state index in [0.717, 1.165) is 32.4 Å². The first-order valence-electron chi connectivity index (χ1n) is 6.02. The van der Waals surface area contributed by atoms with Crippen LogP contribution in [0.5, 0.6) is 0 Å². The quantitative estimate of drug-likeness (QED) is 0.785. The van der Waals surface area contributed by atoms with Crippen LogP contribution in [-0.2, 0) is 9.53 Å². The molecule has 0 spiro atoms. The number of nitrogens with two attached hydrogens (primary N) is 1. The van der Waals surface area contributed by atoms with Gasteiger partial charge in [0.05, 0.1) is 6.10 Å². The van der Waals surface area contributed by atoms with Gasteiger partial charge in [0, 0.05) is 32.2 Å². The summed E-state index contributed by atoms with van der Waals surface area (Å²) in [6.45, 7) is 5.51. The van der Waals surface area contributed by atoms with E-state index in [1.54, 1.807) is 7.11 Å². The fourth-order valence-corrected chi connectivity index (χ4v) is 1.94. The van der Waals surface area contributed by atoms with Gasteiger partial charge in [-0.05, 0) is 33.1 Å². The second kappa shape index (κ2) is 5.64. The zero-order valence-corrected chi connectivity index (χ0v) is 10.7. The number of rotatable bonds is 4. The molecule has 1 amide bonds. The van der Waals surface area contributed by atoms with Crippen molar-refractivity contribution in [2.75, 3.05) is 20.2 Å². The van der Waals surface area contributed by atoms with Crippen molar-refractivity contribution in [2.24, 2.45) is 5.73 Å². The minimum atomic E-state index is -0.258. The van der Waals surface area contributed by atoms with E-state index in [1.807, 2.05) is 18.7 Å². The molecule has 0 bridgehead atoms. The lowest BCUT2D eigenvalue weighted by atomic mass is 9.99. The molecule has 1 saturated heterocycles. The highest BCUT2D eigenvalue weighted by molar-refractivity contribution is 5.76. The Morgan fingerprint density at radius 1 is 1.56 bits per heavy atom. The van der Waals surface area contributed by atoms with E-state index < -0.39 is 0 Å². The number of ether oxygens (including phenoxy) is 1. The third-order valence-electron chi connectivity index (χ3n) is 3.05. The molecule has 0 aromatic carbocycles. The summed E-state index contributed by atoms with van der Waals surface area (Å²) >= 11 is 0. The highest BCUT2D eigenvalue weighted by atomic mass is 16.5. The average molecular weight is 228 g/mol. The second-order valence-corrected chi connectivity index (χ2v) is 5.33. The van der Waals surface area contributed by atoms with Gasteiger partial charge >= 0.3 is 0 Å². The number of carbonyl (C=O) groups excluding carboxylic acids is 1. The molecule has 1 unspecified atom stereocenters. The molecule has 0 aromatic rings. The van der Waals surface area contributed by atoms with Crippen LogP contribution in [0.4, 0.5) is 0 Å². The molecule has 1 aliphatic heterocycles. The lowest BCUT2D eigenvalue weighted by molar-refractivity contribution is -0.135. The van der Waals surface area contributed by atoms with Crippen LogP contribution in [0.1, 0.15) is 39.5 Å². The van der Waals surface area contributed by atoms with E-state index in [9.17, 15) is 4.79 Å². The molecule has 4 nitrogen and oxygen atoms in total. The summed E-state index contributed by atoms with van der Waals surface area (Å²) in [4.78, 5) is 13.8. The average Bonchev–Trinajstić information content (AvgIpc) is 2.25. The van der Waals surface area contributed by atoms with Gasteiger partial charge in [-0.25, -0.2) is 0 Å². The van der Waals surface area contributed by atoms with Gasteiger partial charge in [-0.2, -0.15) is 0 Å². The van der Waals surface area contributed by atoms with Crippen LogP contribution in [-0.4, -0.2) is 42.6 Å². The van der Waals surface area contributed by atoms with Crippen molar-refractivity contribution >= 4 is 5.91 Å². The largest absolute Gasteiger partial charge is 0.380 e. The Hall–Kier alpha value is -0.610. The van der Waals surface area contributed by atoms with E-state index >= 15 is 0 Å². The molecule has 4 heteroatoms. The standard InChI is InChI=1S/C12H24N2O2/c1-12(2,13)7-6-11(15)14-8-4-5-10(9-14)16-3/h10H,4-9,13H2,1-3H3. The molecule has 0 radical (unpaired) electrons. The fourth-order valence-electron chi connectivity index (χ4n) is 1.94. The van der Waals surface area contributed by atoms with E-state index in [4.69, 9.17) is 10.5 Å². The van der Waals surface area contributed by atoms with E-state index in [1.165, 1.54) is 0 Å². The summed E-state index contributed by atoms with van der Waals surface area (Å²) in [5, 5.41) is 0. The summed E-state index contributed by atoms with van der Waals surface area (Å²) in [7, 11) is 1.71. The van der Waals surface area contributed by atoms with E-state index in [2.05, 4.69) is 0 Å². The Bertz CT molecular complexity index is 236. The number of piperidine rings is 1. The maximum atomic E-state index is 11.9. The van der Waals surface area contributed by atoms with Gasteiger partial charge in [0.15, 0.2) is 0 Å². The maximum Gasteiger partial charge on any atom is 0.222 e. The first-order valence-corrected chi connectivity index (χ1v) is 6.02. The molecule has 0 aromatic heterocycles. The predicted molar refractivity (Wildman–Crippen MR) is 64.1 cm³/mol. The second-order valence-electron chi connectivity index (χ2n) is 5.33. The number of amides is 1. The molecule has 16 heavy (non-hydrogen) atoms. The molecule has 1 heterocycles. The predicted octanol–water partition coefficient (Wildman–Crippen LogP) is 1.14. The van der Waals surface area contributed by atoms with Crippen LogP contribution in [0.2, 0.25) is 0 Å². The van der Waals surface area contributed by atoms with Gasteiger partial charge in [0.1, 0.15) is 0 Å².